The first kappa shape index (κ1) is 20.4. The van der Waals surface area contributed by atoms with E-state index in [9.17, 15) is 28.2 Å². The molecule has 0 saturated carbocycles. The van der Waals surface area contributed by atoms with Gasteiger partial charge in [-0.25, -0.2) is 14.5 Å². The topological polar surface area (TPSA) is 133 Å². The van der Waals surface area contributed by atoms with E-state index < -0.39 is 30.9 Å². The SMILES string of the molecule is NC(=O)OCc1nn(-c2ccc(OC(F)(F)F)cc2)c2nccc(C(O)CO)c12. The van der Waals surface area contributed by atoms with Crippen molar-refractivity contribution in [2.75, 3.05) is 6.61 Å². The molecule has 3 aromatic rings. The molecule has 0 aliphatic carbocycles. The van der Waals surface area contributed by atoms with Crippen molar-refractivity contribution in [1.82, 2.24) is 14.8 Å². The molecule has 2 heterocycles. The van der Waals surface area contributed by atoms with Gasteiger partial charge in [0.2, 0.25) is 0 Å². The van der Waals surface area contributed by atoms with Crippen molar-refractivity contribution in [3.63, 3.8) is 0 Å². The Morgan fingerprint density at radius 2 is 1.93 bits per heavy atom. The number of rotatable bonds is 6. The number of carbonyl (C=O) groups is 1. The Balaban J connectivity index is 2.09. The Bertz CT molecular complexity index is 1020. The van der Waals surface area contributed by atoms with Crippen molar-refractivity contribution >= 4 is 17.1 Å². The van der Waals surface area contributed by atoms with Gasteiger partial charge < -0.3 is 25.4 Å². The molecule has 0 saturated heterocycles. The van der Waals surface area contributed by atoms with Crippen LogP contribution in [0.15, 0.2) is 36.5 Å². The number of aliphatic hydroxyl groups excluding tert-OH is 2. The monoisotopic (exact) mass is 412 g/mol. The minimum absolute atomic E-state index is 0.185. The fraction of sp³-hybridized carbons (Fsp3) is 0.235. The third kappa shape index (κ3) is 4.55. The zero-order valence-corrected chi connectivity index (χ0v) is 14.6. The number of fused-ring (bicyclic) bond motifs is 1. The van der Waals surface area contributed by atoms with Gasteiger partial charge in [0.15, 0.2) is 5.65 Å². The molecule has 0 radical (unpaired) electrons. The first-order chi connectivity index (χ1) is 13.7. The summed E-state index contributed by atoms with van der Waals surface area (Å²) in [6.07, 6.45) is -5.76. The molecule has 0 fully saturated rings. The molecule has 4 N–H and O–H groups in total. The maximum absolute atomic E-state index is 12.3. The van der Waals surface area contributed by atoms with E-state index in [1.807, 2.05) is 0 Å². The minimum Gasteiger partial charge on any atom is -0.443 e. The standard InChI is InChI=1S/C17H15F3N4O5/c18-17(19,20)29-10-3-1-9(2-4-10)24-15-14(12(23-24)8-28-16(21)27)11(5-6-22-15)13(26)7-25/h1-6,13,25-26H,7-8H2,(H2,21,27). The largest absolute Gasteiger partial charge is 0.573 e. The summed E-state index contributed by atoms with van der Waals surface area (Å²) >= 11 is 0. The van der Waals surface area contributed by atoms with Crippen LogP contribution in [-0.4, -0.2) is 44.0 Å². The highest BCUT2D eigenvalue weighted by Gasteiger charge is 2.31. The smallest absolute Gasteiger partial charge is 0.443 e. The van der Waals surface area contributed by atoms with E-state index in [0.717, 1.165) is 12.1 Å². The van der Waals surface area contributed by atoms with Gasteiger partial charge in [0, 0.05) is 6.20 Å². The summed E-state index contributed by atoms with van der Waals surface area (Å²) in [4.78, 5) is 15.2. The number of nitrogens with two attached hydrogens (primary N) is 1. The average Bonchev–Trinajstić information content (AvgIpc) is 3.04. The molecular formula is C17H15F3N4O5. The van der Waals surface area contributed by atoms with Crippen LogP contribution in [0.2, 0.25) is 0 Å². The van der Waals surface area contributed by atoms with Gasteiger partial charge in [0.25, 0.3) is 0 Å². The van der Waals surface area contributed by atoms with Crippen LogP contribution in [0.25, 0.3) is 16.7 Å². The molecule has 3 rings (SSSR count). The minimum atomic E-state index is -4.82. The third-order valence-electron chi connectivity index (χ3n) is 3.87. The first-order valence-corrected chi connectivity index (χ1v) is 8.13. The fourth-order valence-electron chi connectivity index (χ4n) is 2.73. The van der Waals surface area contributed by atoms with Gasteiger partial charge >= 0.3 is 12.5 Å². The van der Waals surface area contributed by atoms with Gasteiger partial charge in [-0.3, -0.25) is 0 Å². The van der Waals surface area contributed by atoms with Crippen LogP contribution >= 0.6 is 0 Å². The first-order valence-electron chi connectivity index (χ1n) is 8.13. The summed E-state index contributed by atoms with van der Waals surface area (Å²) in [5, 5.41) is 24.0. The number of aromatic nitrogens is 3. The van der Waals surface area contributed by atoms with Gasteiger partial charge in [-0.05, 0) is 35.9 Å². The van der Waals surface area contributed by atoms with Crippen molar-refractivity contribution in [2.24, 2.45) is 5.73 Å². The van der Waals surface area contributed by atoms with Crippen LogP contribution in [0, 0.1) is 0 Å². The number of hydrogen-bond donors (Lipinski definition) is 3. The molecule has 1 unspecified atom stereocenters. The predicted octanol–water partition coefficient (Wildman–Crippen LogP) is 1.94. The second-order valence-electron chi connectivity index (χ2n) is 5.81. The molecule has 1 aromatic carbocycles. The lowest BCUT2D eigenvalue weighted by molar-refractivity contribution is -0.274. The number of amides is 1. The zero-order chi connectivity index (χ0) is 21.2. The molecule has 0 bridgehead atoms. The van der Waals surface area contributed by atoms with Gasteiger partial charge in [0.1, 0.15) is 24.2 Å². The summed E-state index contributed by atoms with van der Waals surface area (Å²) < 4.78 is 46.9. The number of nitrogens with zero attached hydrogens (tertiary/aromatic N) is 3. The van der Waals surface area contributed by atoms with Gasteiger partial charge in [-0.1, -0.05) is 0 Å². The van der Waals surface area contributed by atoms with Crippen LogP contribution in [0.5, 0.6) is 5.75 Å². The lowest BCUT2D eigenvalue weighted by atomic mass is 10.1. The normalized spacial score (nSPS) is 12.7. The van der Waals surface area contributed by atoms with Gasteiger partial charge in [0.05, 0.1) is 17.7 Å². The van der Waals surface area contributed by atoms with E-state index in [1.54, 1.807) is 0 Å². The number of alkyl halides is 3. The lowest BCUT2D eigenvalue weighted by Gasteiger charge is -2.10. The Morgan fingerprint density at radius 1 is 1.24 bits per heavy atom. The van der Waals surface area contributed by atoms with E-state index in [1.165, 1.54) is 29.1 Å². The Kier molecular flexibility index (Phi) is 5.57. The predicted molar refractivity (Wildman–Crippen MR) is 92.0 cm³/mol. The summed E-state index contributed by atoms with van der Waals surface area (Å²) in [5.74, 6) is -0.417. The van der Waals surface area contributed by atoms with E-state index in [0.29, 0.717) is 11.1 Å². The second kappa shape index (κ2) is 7.93. The van der Waals surface area contributed by atoms with Crippen molar-refractivity contribution in [1.29, 1.82) is 0 Å². The van der Waals surface area contributed by atoms with Crippen molar-refractivity contribution in [3.8, 4) is 11.4 Å². The summed E-state index contributed by atoms with van der Waals surface area (Å²) in [7, 11) is 0. The molecule has 0 spiro atoms. The fourth-order valence-corrected chi connectivity index (χ4v) is 2.73. The molecule has 9 nitrogen and oxygen atoms in total. The van der Waals surface area contributed by atoms with E-state index >= 15 is 0 Å². The number of halogens is 3. The molecule has 2 aromatic heterocycles. The van der Waals surface area contributed by atoms with Crippen molar-refractivity contribution in [2.45, 2.75) is 19.1 Å². The van der Waals surface area contributed by atoms with Crippen molar-refractivity contribution in [3.05, 3.63) is 47.8 Å². The lowest BCUT2D eigenvalue weighted by Crippen LogP contribution is -2.17. The molecule has 1 atom stereocenters. The number of hydrogen-bond acceptors (Lipinski definition) is 7. The third-order valence-corrected chi connectivity index (χ3v) is 3.87. The number of aliphatic hydroxyl groups is 2. The van der Waals surface area contributed by atoms with Crippen LogP contribution in [0.1, 0.15) is 17.4 Å². The highest BCUT2D eigenvalue weighted by Crippen LogP contribution is 2.29. The highest BCUT2D eigenvalue weighted by atomic mass is 19.4. The number of primary amides is 1. The van der Waals surface area contributed by atoms with Crippen LogP contribution in [0.3, 0.4) is 0 Å². The van der Waals surface area contributed by atoms with Gasteiger partial charge in [-0.15, -0.1) is 13.2 Å². The van der Waals surface area contributed by atoms with Gasteiger partial charge in [-0.2, -0.15) is 5.10 Å². The number of pyridine rings is 1. The van der Waals surface area contributed by atoms with E-state index in [2.05, 4.69) is 14.8 Å². The van der Waals surface area contributed by atoms with E-state index in [4.69, 9.17) is 10.5 Å². The Labute approximate surface area is 161 Å². The summed E-state index contributed by atoms with van der Waals surface area (Å²) in [5.41, 5.74) is 6.01. The van der Waals surface area contributed by atoms with Crippen LogP contribution in [-0.2, 0) is 11.3 Å². The molecule has 1 amide bonds. The molecular weight excluding hydrogens is 397 g/mol. The molecule has 29 heavy (non-hydrogen) atoms. The highest BCUT2D eigenvalue weighted by molar-refractivity contribution is 5.84. The molecule has 0 aliphatic heterocycles. The zero-order valence-electron chi connectivity index (χ0n) is 14.6. The average molecular weight is 412 g/mol. The summed E-state index contributed by atoms with van der Waals surface area (Å²) in [6, 6.07) is 6.31. The Morgan fingerprint density at radius 3 is 2.52 bits per heavy atom. The second-order valence-corrected chi connectivity index (χ2v) is 5.81. The molecule has 154 valence electrons. The maximum atomic E-state index is 12.3. The van der Waals surface area contributed by atoms with E-state index in [-0.39, 0.29) is 23.5 Å². The number of carbonyl (C=O) groups excluding carboxylic acids is 1. The number of benzene rings is 1. The summed E-state index contributed by atoms with van der Waals surface area (Å²) in [6.45, 7) is -0.922. The van der Waals surface area contributed by atoms with Crippen LogP contribution in [0.4, 0.5) is 18.0 Å². The van der Waals surface area contributed by atoms with Crippen LogP contribution < -0.4 is 10.5 Å². The molecule has 12 heteroatoms. The van der Waals surface area contributed by atoms with Crippen molar-refractivity contribution < 1.29 is 37.7 Å². The maximum Gasteiger partial charge on any atom is 0.573 e. The number of ether oxygens (including phenoxy) is 2. The molecule has 0 aliphatic rings. The quantitative estimate of drug-likeness (QED) is 0.564. The Hall–Kier alpha value is -3.38.